The van der Waals surface area contributed by atoms with Gasteiger partial charge in [-0.3, -0.25) is 0 Å². The van der Waals surface area contributed by atoms with Gasteiger partial charge < -0.3 is 10.6 Å². The summed E-state index contributed by atoms with van der Waals surface area (Å²) in [7, 11) is 0. The van der Waals surface area contributed by atoms with Gasteiger partial charge in [0.25, 0.3) is 0 Å². The van der Waals surface area contributed by atoms with Gasteiger partial charge in [0.1, 0.15) is 5.82 Å². The van der Waals surface area contributed by atoms with Gasteiger partial charge in [-0.2, -0.15) is 0 Å². The zero-order valence-electron chi connectivity index (χ0n) is 9.10. The second-order valence-corrected chi connectivity index (χ2v) is 5.01. The molecule has 4 heteroatoms. The van der Waals surface area contributed by atoms with Crippen LogP contribution in [-0.4, -0.2) is 19.1 Å². The number of benzene rings is 1. The fraction of sp³-hybridized carbons (Fsp3) is 0.500. The molecule has 1 unspecified atom stereocenters. The molecule has 16 heavy (non-hydrogen) atoms. The van der Waals surface area contributed by atoms with Gasteiger partial charge in [-0.25, -0.2) is 4.39 Å². The molecule has 0 amide bonds. The molecule has 1 heterocycles. The van der Waals surface area contributed by atoms with Crippen molar-refractivity contribution in [2.75, 3.05) is 18.4 Å². The van der Waals surface area contributed by atoms with Crippen molar-refractivity contribution in [2.45, 2.75) is 25.3 Å². The third-order valence-corrected chi connectivity index (χ3v) is 3.53. The number of hydrogen-bond acceptors (Lipinski definition) is 2. The molecule has 0 saturated carbocycles. The predicted octanol–water partition coefficient (Wildman–Crippen LogP) is 3.14. The van der Waals surface area contributed by atoms with Crippen LogP contribution in [-0.2, 0) is 0 Å². The van der Waals surface area contributed by atoms with Crippen LogP contribution in [0.1, 0.15) is 19.3 Å². The first kappa shape index (κ1) is 11.9. The third kappa shape index (κ3) is 3.19. The first-order chi connectivity index (χ1) is 7.75. The molecule has 2 nitrogen and oxygen atoms in total. The van der Waals surface area contributed by atoms with Crippen molar-refractivity contribution in [2.24, 2.45) is 0 Å². The molecule has 0 aliphatic carbocycles. The van der Waals surface area contributed by atoms with E-state index in [4.69, 9.17) is 0 Å². The Morgan fingerprint density at radius 2 is 2.31 bits per heavy atom. The molecule has 1 aromatic carbocycles. The van der Waals surface area contributed by atoms with E-state index in [-0.39, 0.29) is 5.82 Å². The lowest BCUT2D eigenvalue weighted by molar-refractivity contribution is 0.414. The van der Waals surface area contributed by atoms with Gasteiger partial charge in [0, 0.05) is 18.3 Å². The second-order valence-electron chi connectivity index (χ2n) is 4.16. The standard InChI is InChI=1S/C12H16BrFN2/c13-11-5-4-9(7-12(11)14)16-8-10-3-1-2-6-15-10/h4-5,7,10,15-16H,1-3,6,8H2. The zero-order valence-corrected chi connectivity index (χ0v) is 10.7. The molecule has 1 aliphatic heterocycles. The molecule has 88 valence electrons. The van der Waals surface area contributed by atoms with E-state index in [2.05, 4.69) is 26.6 Å². The SMILES string of the molecule is Fc1cc(NCC2CCCCN2)ccc1Br. The lowest BCUT2D eigenvalue weighted by Gasteiger charge is -2.24. The van der Waals surface area contributed by atoms with Crippen molar-refractivity contribution in [1.82, 2.24) is 5.32 Å². The van der Waals surface area contributed by atoms with E-state index in [1.54, 1.807) is 6.07 Å². The maximum absolute atomic E-state index is 13.2. The van der Waals surface area contributed by atoms with Gasteiger partial charge in [-0.1, -0.05) is 6.42 Å². The summed E-state index contributed by atoms with van der Waals surface area (Å²) in [6.45, 7) is 1.96. The van der Waals surface area contributed by atoms with Crippen LogP contribution in [0.3, 0.4) is 0 Å². The minimum atomic E-state index is -0.221. The summed E-state index contributed by atoms with van der Waals surface area (Å²) >= 11 is 3.14. The van der Waals surface area contributed by atoms with Crippen LogP contribution in [0.5, 0.6) is 0 Å². The zero-order chi connectivity index (χ0) is 11.4. The Hall–Kier alpha value is -0.610. The van der Waals surface area contributed by atoms with E-state index >= 15 is 0 Å². The van der Waals surface area contributed by atoms with Crippen LogP contribution in [0.15, 0.2) is 22.7 Å². The Balaban J connectivity index is 1.86. The lowest BCUT2D eigenvalue weighted by atomic mass is 10.1. The van der Waals surface area contributed by atoms with Crippen molar-refractivity contribution in [3.8, 4) is 0 Å². The van der Waals surface area contributed by atoms with E-state index in [9.17, 15) is 4.39 Å². The van der Waals surface area contributed by atoms with Gasteiger partial charge in [-0.15, -0.1) is 0 Å². The van der Waals surface area contributed by atoms with E-state index < -0.39 is 0 Å². The Kier molecular flexibility index (Phi) is 4.18. The topological polar surface area (TPSA) is 24.1 Å². The second kappa shape index (κ2) is 5.64. The van der Waals surface area contributed by atoms with Gasteiger partial charge >= 0.3 is 0 Å². The summed E-state index contributed by atoms with van der Waals surface area (Å²) in [5.41, 5.74) is 0.841. The number of nitrogens with one attached hydrogen (secondary N) is 2. The Morgan fingerprint density at radius 3 is 3.00 bits per heavy atom. The maximum Gasteiger partial charge on any atom is 0.139 e. The van der Waals surface area contributed by atoms with E-state index in [0.717, 1.165) is 18.8 Å². The van der Waals surface area contributed by atoms with Crippen molar-refractivity contribution in [3.63, 3.8) is 0 Å². The normalized spacial score (nSPS) is 20.8. The third-order valence-electron chi connectivity index (χ3n) is 2.88. The summed E-state index contributed by atoms with van der Waals surface area (Å²) in [6.07, 6.45) is 3.75. The van der Waals surface area contributed by atoms with E-state index in [1.807, 2.05) is 6.07 Å². The molecule has 1 aromatic rings. The van der Waals surface area contributed by atoms with Gasteiger partial charge in [-0.05, 0) is 53.5 Å². The van der Waals surface area contributed by atoms with Crippen LogP contribution in [0, 0.1) is 5.82 Å². The quantitative estimate of drug-likeness (QED) is 0.892. The molecule has 1 saturated heterocycles. The highest BCUT2D eigenvalue weighted by Gasteiger charge is 2.11. The molecule has 1 aliphatic rings. The average molecular weight is 287 g/mol. The van der Waals surface area contributed by atoms with Gasteiger partial charge in [0.2, 0.25) is 0 Å². The Labute approximate surface area is 104 Å². The highest BCUT2D eigenvalue weighted by atomic mass is 79.9. The minimum Gasteiger partial charge on any atom is -0.383 e. The molecule has 1 fully saturated rings. The molecule has 1 atom stereocenters. The molecule has 0 spiro atoms. The number of hydrogen-bond donors (Lipinski definition) is 2. The van der Waals surface area contributed by atoms with Crippen LogP contribution < -0.4 is 10.6 Å². The fourth-order valence-corrected chi connectivity index (χ4v) is 2.19. The van der Waals surface area contributed by atoms with Crippen LogP contribution in [0.25, 0.3) is 0 Å². The average Bonchev–Trinajstić information content (AvgIpc) is 2.32. The number of rotatable bonds is 3. The molecule has 2 rings (SSSR count). The summed E-state index contributed by atoms with van der Waals surface area (Å²) in [4.78, 5) is 0. The highest BCUT2D eigenvalue weighted by molar-refractivity contribution is 9.10. The van der Waals surface area contributed by atoms with Crippen molar-refractivity contribution >= 4 is 21.6 Å². The van der Waals surface area contributed by atoms with Crippen LogP contribution >= 0.6 is 15.9 Å². The summed E-state index contributed by atoms with van der Waals surface area (Å²) in [5, 5.41) is 6.71. The number of halogens is 2. The van der Waals surface area contributed by atoms with Crippen LogP contribution in [0.2, 0.25) is 0 Å². The van der Waals surface area contributed by atoms with Gasteiger partial charge in [0.05, 0.1) is 4.47 Å². The Morgan fingerprint density at radius 1 is 1.44 bits per heavy atom. The molecular weight excluding hydrogens is 271 g/mol. The number of piperidine rings is 1. The Bertz CT molecular complexity index is 351. The van der Waals surface area contributed by atoms with E-state index in [1.165, 1.54) is 25.3 Å². The summed E-state index contributed by atoms with van der Waals surface area (Å²) in [5.74, 6) is -0.221. The largest absolute Gasteiger partial charge is 0.383 e. The fourth-order valence-electron chi connectivity index (χ4n) is 1.95. The maximum atomic E-state index is 13.2. The summed E-state index contributed by atoms with van der Waals surface area (Å²) < 4.78 is 13.8. The lowest BCUT2D eigenvalue weighted by Crippen LogP contribution is -2.39. The first-order valence-corrected chi connectivity index (χ1v) is 6.47. The molecule has 0 radical (unpaired) electrons. The van der Waals surface area contributed by atoms with Crippen LogP contribution in [0.4, 0.5) is 10.1 Å². The minimum absolute atomic E-state index is 0.221. The monoisotopic (exact) mass is 286 g/mol. The number of anilines is 1. The van der Waals surface area contributed by atoms with Crippen molar-refractivity contribution in [1.29, 1.82) is 0 Å². The first-order valence-electron chi connectivity index (χ1n) is 5.68. The van der Waals surface area contributed by atoms with Gasteiger partial charge in [0.15, 0.2) is 0 Å². The predicted molar refractivity (Wildman–Crippen MR) is 68.2 cm³/mol. The smallest absolute Gasteiger partial charge is 0.139 e. The molecule has 0 bridgehead atoms. The molecule has 2 N–H and O–H groups in total. The summed E-state index contributed by atoms with van der Waals surface area (Å²) in [6, 6.07) is 5.65. The van der Waals surface area contributed by atoms with Crippen molar-refractivity contribution < 1.29 is 4.39 Å². The van der Waals surface area contributed by atoms with Crippen molar-refractivity contribution in [3.05, 3.63) is 28.5 Å². The molecular formula is C12H16BrFN2. The highest BCUT2D eigenvalue weighted by Crippen LogP contribution is 2.19. The van der Waals surface area contributed by atoms with E-state index in [0.29, 0.717) is 10.5 Å². The molecule has 0 aromatic heterocycles.